The van der Waals surface area contributed by atoms with Crippen LogP contribution in [0.4, 0.5) is 5.69 Å². The number of sulfonamides is 1. The molecular weight excluding hydrogens is 338 g/mol. The number of hydrogen-bond donors (Lipinski definition) is 1. The zero-order valence-corrected chi connectivity index (χ0v) is 16.6. The average Bonchev–Trinajstić information content (AvgIpc) is 2.57. The van der Waals surface area contributed by atoms with Gasteiger partial charge in [-0.05, 0) is 74.6 Å². The van der Waals surface area contributed by atoms with Gasteiger partial charge in [0.25, 0.3) is 10.0 Å². The summed E-state index contributed by atoms with van der Waals surface area (Å²) in [4.78, 5) is 0.318. The fraction of sp³-hybridized carbons (Fsp3) is 0.368. The molecule has 0 atom stereocenters. The van der Waals surface area contributed by atoms with Gasteiger partial charge in [0.1, 0.15) is 11.5 Å². The molecule has 0 aliphatic carbocycles. The minimum atomic E-state index is -3.78. The Morgan fingerprint density at radius 2 is 1.32 bits per heavy atom. The van der Waals surface area contributed by atoms with Crippen molar-refractivity contribution in [2.45, 2.75) is 39.5 Å². The Balaban J connectivity index is 2.63. The van der Waals surface area contributed by atoms with Crippen molar-refractivity contribution in [1.82, 2.24) is 0 Å². The van der Waals surface area contributed by atoms with Gasteiger partial charge in [-0.1, -0.05) is 0 Å². The Kier molecular flexibility index (Phi) is 5.32. The van der Waals surface area contributed by atoms with Crippen LogP contribution in [0, 0.1) is 34.6 Å². The highest BCUT2D eigenvalue weighted by atomic mass is 32.2. The molecule has 0 spiro atoms. The zero-order valence-electron chi connectivity index (χ0n) is 15.8. The first-order valence-corrected chi connectivity index (χ1v) is 9.44. The lowest BCUT2D eigenvalue weighted by atomic mass is 9.95. The highest BCUT2D eigenvalue weighted by Gasteiger charge is 2.25. The Labute approximate surface area is 150 Å². The maximum absolute atomic E-state index is 13.1. The number of hydrogen-bond acceptors (Lipinski definition) is 4. The third-order valence-electron chi connectivity index (χ3n) is 4.85. The van der Waals surface area contributed by atoms with Crippen molar-refractivity contribution in [2.24, 2.45) is 0 Å². The van der Waals surface area contributed by atoms with Gasteiger partial charge >= 0.3 is 0 Å². The lowest BCUT2D eigenvalue weighted by Gasteiger charge is -2.20. The standard InChI is InChI=1S/C19H25NO4S/c1-11-12(2)14(4)19(15(5)13(11)3)25(21,22)20-17-10-16(23-6)8-9-18(17)24-7/h8-10,20H,1-7H3. The van der Waals surface area contributed by atoms with E-state index >= 15 is 0 Å². The van der Waals surface area contributed by atoms with E-state index in [0.29, 0.717) is 22.1 Å². The van der Waals surface area contributed by atoms with E-state index in [0.717, 1.165) is 27.8 Å². The fourth-order valence-electron chi connectivity index (χ4n) is 2.96. The smallest absolute Gasteiger partial charge is 0.262 e. The first-order valence-electron chi connectivity index (χ1n) is 7.95. The monoisotopic (exact) mass is 363 g/mol. The lowest BCUT2D eigenvalue weighted by Crippen LogP contribution is -2.18. The molecule has 0 aromatic heterocycles. The quantitative estimate of drug-likeness (QED) is 0.870. The van der Waals surface area contributed by atoms with Gasteiger partial charge in [-0.25, -0.2) is 8.42 Å². The molecule has 0 amide bonds. The molecule has 0 aliphatic rings. The molecule has 0 radical (unpaired) electrons. The van der Waals surface area contributed by atoms with E-state index in [1.54, 1.807) is 18.2 Å². The maximum atomic E-state index is 13.1. The molecule has 0 saturated carbocycles. The molecular formula is C19H25NO4S. The number of ether oxygens (including phenoxy) is 2. The van der Waals surface area contributed by atoms with Crippen LogP contribution >= 0.6 is 0 Å². The van der Waals surface area contributed by atoms with Gasteiger partial charge in [-0.3, -0.25) is 4.72 Å². The number of nitrogens with one attached hydrogen (secondary N) is 1. The second-order valence-corrected chi connectivity index (χ2v) is 7.75. The third kappa shape index (κ3) is 3.44. The van der Waals surface area contributed by atoms with Gasteiger partial charge in [0, 0.05) is 6.07 Å². The number of benzene rings is 2. The van der Waals surface area contributed by atoms with Gasteiger partial charge in [0.2, 0.25) is 0 Å². The lowest BCUT2D eigenvalue weighted by molar-refractivity contribution is 0.405. The van der Waals surface area contributed by atoms with Crippen LogP contribution in [0.3, 0.4) is 0 Å². The summed E-state index contributed by atoms with van der Waals surface area (Å²) in [5.41, 5.74) is 4.96. The highest BCUT2D eigenvalue weighted by molar-refractivity contribution is 7.92. The second-order valence-electron chi connectivity index (χ2n) is 6.13. The molecule has 0 bridgehead atoms. The van der Waals surface area contributed by atoms with E-state index < -0.39 is 10.0 Å². The molecule has 6 heteroatoms. The molecule has 2 rings (SSSR count). The van der Waals surface area contributed by atoms with Crippen LogP contribution in [-0.4, -0.2) is 22.6 Å². The van der Waals surface area contributed by atoms with E-state index in [4.69, 9.17) is 9.47 Å². The second kappa shape index (κ2) is 6.96. The molecule has 0 fully saturated rings. The summed E-state index contributed by atoms with van der Waals surface area (Å²) in [5, 5.41) is 0. The summed E-state index contributed by atoms with van der Waals surface area (Å²) < 4.78 is 39.3. The van der Waals surface area contributed by atoms with Gasteiger partial charge in [-0.15, -0.1) is 0 Å². The van der Waals surface area contributed by atoms with E-state index in [2.05, 4.69) is 4.72 Å². The summed E-state index contributed by atoms with van der Waals surface area (Å²) in [6.45, 7) is 9.59. The molecule has 25 heavy (non-hydrogen) atoms. The topological polar surface area (TPSA) is 64.6 Å². The van der Waals surface area contributed by atoms with Crippen LogP contribution in [0.15, 0.2) is 23.1 Å². The van der Waals surface area contributed by atoms with E-state index in [9.17, 15) is 8.42 Å². The van der Waals surface area contributed by atoms with Crippen molar-refractivity contribution in [3.8, 4) is 11.5 Å². The molecule has 2 aromatic carbocycles. The van der Waals surface area contributed by atoms with Crippen molar-refractivity contribution in [3.63, 3.8) is 0 Å². The SMILES string of the molecule is COc1ccc(OC)c(NS(=O)(=O)c2c(C)c(C)c(C)c(C)c2C)c1. The maximum Gasteiger partial charge on any atom is 0.262 e. The molecule has 0 aliphatic heterocycles. The Hall–Kier alpha value is -2.21. The molecule has 5 nitrogen and oxygen atoms in total. The van der Waals surface area contributed by atoms with Crippen molar-refractivity contribution in [2.75, 3.05) is 18.9 Å². The number of rotatable bonds is 5. The zero-order chi connectivity index (χ0) is 18.9. The minimum Gasteiger partial charge on any atom is -0.497 e. The van der Waals surface area contributed by atoms with Crippen molar-refractivity contribution < 1.29 is 17.9 Å². The molecule has 0 unspecified atom stereocenters. The van der Waals surface area contributed by atoms with Crippen LogP contribution in [-0.2, 0) is 10.0 Å². The summed E-state index contributed by atoms with van der Waals surface area (Å²) in [6, 6.07) is 4.99. The molecule has 0 heterocycles. The van der Waals surface area contributed by atoms with Crippen LogP contribution in [0.5, 0.6) is 11.5 Å². The number of methoxy groups -OCH3 is 2. The molecule has 0 saturated heterocycles. The first-order chi connectivity index (χ1) is 11.6. The number of anilines is 1. The summed E-state index contributed by atoms with van der Waals surface area (Å²) in [6.07, 6.45) is 0. The predicted octanol–water partition coefficient (Wildman–Crippen LogP) is 4.05. The highest BCUT2D eigenvalue weighted by Crippen LogP contribution is 2.34. The van der Waals surface area contributed by atoms with Crippen molar-refractivity contribution in [1.29, 1.82) is 0 Å². The first kappa shape index (κ1) is 19.1. The molecule has 136 valence electrons. The molecule has 1 N–H and O–H groups in total. The average molecular weight is 363 g/mol. The van der Waals surface area contributed by atoms with Gasteiger partial charge in [0.05, 0.1) is 24.8 Å². The van der Waals surface area contributed by atoms with Crippen molar-refractivity contribution >= 4 is 15.7 Å². The summed E-state index contributed by atoms with van der Waals surface area (Å²) in [7, 11) is -0.754. The van der Waals surface area contributed by atoms with E-state index in [1.807, 2.05) is 34.6 Å². The molecule has 2 aromatic rings. The fourth-order valence-corrected chi connectivity index (χ4v) is 4.62. The summed E-state index contributed by atoms with van der Waals surface area (Å²) >= 11 is 0. The Bertz CT molecular complexity index is 889. The largest absolute Gasteiger partial charge is 0.497 e. The minimum absolute atomic E-state index is 0.318. The van der Waals surface area contributed by atoms with Gasteiger partial charge in [-0.2, -0.15) is 0 Å². The van der Waals surface area contributed by atoms with Crippen LogP contribution in [0.1, 0.15) is 27.8 Å². The third-order valence-corrected chi connectivity index (χ3v) is 6.49. The van der Waals surface area contributed by atoms with Crippen LogP contribution in [0.2, 0.25) is 0 Å². The van der Waals surface area contributed by atoms with E-state index in [1.165, 1.54) is 14.2 Å². The van der Waals surface area contributed by atoms with Gasteiger partial charge < -0.3 is 9.47 Å². The Morgan fingerprint density at radius 3 is 1.80 bits per heavy atom. The normalized spacial score (nSPS) is 11.3. The van der Waals surface area contributed by atoms with Crippen LogP contribution < -0.4 is 14.2 Å². The summed E-state index contributed by atoms with van der Waals surface area (Å²) in [5.74, 6) is 0.975. The predicted molar refractivity (Wildman–Crippen MR) is 100 cm³/mol. The van der Waals surface area contributed by atoms with Crippen LogP contribution in [0.25, 0.3) is 0 Å². The Morgan fingerprint density at radius 1 is 0.800 bits per heavy atom. The van der Waals surface area contributed by atoms with Gasteiger partial charge in [0.15, 0.2) is 0 Å². The van der Waals surface area contributed by atoms with Crippen molar-refractivity contribution in [3.05, 3.63) is 46.0 Å². The van der Waals surface area contributed by atoms with E-state index in [-0.39, 0.29) is 0 Å².